The minimum Gasteiger partial charge on any atom is -0.332 e. The number of halogens is 1. The molecule has 2 aromatic carbocycles. The van der Waals surface area contributed by atoms with Crippen LogP contribution in [0.15, 0.2) is 66.9 Å². The lowest BCUT2D eigenvalue weighted by atomic mass is 10.2. The van der Waals surface area contributed by atoms with Crippen LogP contribution in [-0.4, -0.2) is 14.9 Å². The number of anilines is 2. The number of hydrogen-bond acceptors (Lipinski definition) is 2. The van der Waals surface area contributed by atoms with Crippen molar-refractivity contribution in [3.63, 3.8) is 0 Å². The lowest BCUT2D eigenvalue weighted by molar-refractivity contribution is 0.690. The van der Waals surface area contributed by atoms with Crippen molar-refractivity contribution in [2.24, 2.45) is 0 Å². The molecule has 6 heteroatoms. The molecule has 0 unspecified atom stereocenters. The molecule has 0 aliphatic rings. The third-order valence-electron chi connectivity index (χ3n) is 3.17. The van der Waals surface area contributed by atoms with E-state index < -0.39 is 0 Å². The molecule has 3 aromatic rings. The second-order valence-electron chi connectivity index (χ2n) is 4.97. The van der Waals surface area contributed by atoms with E-state index in [1.54, 1.807) is 12.1 Å². The van der Waals surface area contributed by atoms with Gasteiger partial charge in [-0.3, -0.25) is 4.68 Å². The Morgan fingerprint density at radius 2 is 1.74 bits per heavy atom. The van der Waals surface area contributed by atoms with Crippen molar-refractivity contribution in [3.05, 3.63) is 77.4 Å². The minimum absolute atomic E-state index is 0.484. The molecule has 0 saturated carbocycles. The first kappa shape index (κ1) is 15.5. The Balaban J connectivity index is 1.58. The SMILES string of the molecule is S=C(Nc1ccc(Cl)cc1)Nc1ccn(Cc2ccccc2)n1. The second kappa shape index (κ2) is 7.26. The first-order valence-corrected chi connectivity index (χ1v) is 7.88. The summed E-state index contributed by atoms with van der Waals surface area (Å²) in [4.78, 5) is 0. The normalized spacial score (nSPS) is 10.3. The van der Waals surface area contributed by atoms with Gasteiger partial charge in [0.1, 0.15) is 0 Å². The molecule has 0 fully saturated rings. The Morgan fingerprint density at radius 3 is 2.48 bits per heavy atom. The highest BCUT2D eigenvalue weighted by Gasteiger charge is 2.03. The van der Waals surface area contributed by atoms with Crippen LogP contribution in [0.3, 0.4) is 0 Å². The molecular weight excluding hydrogens is 328 g/mol. The molecule has 2 N–H and O–H groups in total. The summed E-state index contributed by atoms with van der Waals surface area (Å²) in [5, 5.41) is 11.8. The van der Waals surface area contributed by atoms with Gasteiger partial charge in [-0.15, -0.1) is 0 Å². The van der Waals surface area contributed by atoms with Gasteiger partial charge in [-0.2, -0.15) is 5.10 Å². The van der Waals surface area contributed by atoms with Gasteiger partial charge in [-0.05, 0) is 42.0 Å². The number of hydrogen-bond donors (Lipinski definition) is 2. The summed E-state index contributed by atoms with van der Waals surface area (Å²) in [5.74, 6) is 0.701. The maximum absolute atomic E-state index is 5.86. The van der Waals surface area contributed by atoms with Crippen molar-refractivity contribution < 1.29 is 0 Å². The summed E-state index contributed by atoms with van der Waals surface area (Å²) >= 11 is 11.1. The average Bonchev–Trinajstić information content (AvgIpc) is 2.97. The van der Waals surface area contributed by atoms with E-state index in [1.165, 1.54) is 5.56 Å². The summed E-state index contributed by atoms with van der Waals surface area (Å²) in [6, 6.07) is 19.4. The molecule has 1 heterocycles. The highest BCUT2D eigenvalue weighted by Crippen LogP contribution is 2.14. The van der Waals surface area contributed by atoms with Crippen LogP contribution in [0, 0.1) is 0 Å². The molecule has 0 aliphatic carbocycles. The van der Waals surface area contributed by atoms with Crippen LogP contribution in [0.5, 0.6) is 0 Å². The largest absolute Gasteiger partial charge is 0.332 e. The minimum atomic E-state index is 0.484. The summed E-state index contributed by atoms with van der Waals surface area (Å²) in [6.45, 7) is 0.722. The molecule has 0 aliphatic heterocycles. The van der Waals surface area contributed by atoms with Gasteiger partial charge in [-0.25, -0.2) is 0 Å². The summed E-state index contributed by atoms with van der Waals surface area (Å²) in [7, 11) is 0. The number of nitrogens with zero attached hydrogens (tertiary/aromatic N) is 2. The van der Waals surface area contributed by atoms with Gasteiger partial charge in [0, 0.05) is 23.0 Å². The zero-order valence-corrected chi connectivity index (χ0v) is 13.8. The second-order valence-corrected chi connectivity index (χ2v) is 5.81. The van der Waals surface area contributed by atoms with Gasteiger partial charge in [0.25, 0.3) is 0 Å². The standard InChI is InChI=1S/C17H15ClN4S/c18-14-6-8-15(9-7-14)19-17(23)20-16-10-11-22(21-16)12-13-4-2-1-3-5-13/h1-11H,12H2,(H2,19,20,21,23). The molecule has 4 nitrogen and oxygen atoms in total. The van der Waals surface area contributed by atoms with E-state index in [1.807, 2.05) is 47.3 Å². The van der Waals surface area contributed by atoms with Gasteiger partial charge in [-0.1, -0.05) is 41.9 Å². The third kappa shape index (κ3) is 4.55. The van der Waals surface area contributed by atoms with Crippen molar-refractivity contribution in [2.45, 2.75) is 6.54 Å². The molecule has 116 valence electrons. The van der Waals surface area contributed by atoms with Crippen molar-refractivity contribution in [3.8, 4) is 0 Å². The number of thiocarbonyl (C=S) groups is 1. The highest BCUT2D eigenvalue weighted by atomic mass is 35.5. The van der Waals surface area contributed by atoms with Gasteiger partial charge in [0.2, 0.25) is 0 Å². The number of aromatic nitrogens is 2. The molecule has 3 rings (SSSR count). The fourth-order valence-electron chi connectivity index (χ4n) is 2.10. The highest BCUT2D eigenvalue weighted by molar-refractivity contribution is 7.80. The summed E-state index contributed by atoms with van der Waals surface area (Å²) < 4.78 is 1.86. The van der Waals surface area contributed by atoms with Crippen LogP contribution >= 0.6 is 23.8 Å². The van der Waals surface area contributed by atoms with E-state index in [-0.39, 0.29) is 0 Å². The Hall–Kier alpha value is -2.37. The fraction of sp³-hybridized carbons (Fsp3) is 0.0588. The number of rotatable bonds is 4. The number of benzene rings is 2. The first-order chi connectivity index (χ1) is 11.2. The van der Waals surface area contributed by atoms with Crippen LogP contribution < -0.4 is 10.6 Å². The molecule has 23 heavy (non-hydrogen) atoms. The van der Waals surface area contributed by atoms with Crippen LogP contribution in [-0.2, 0) is 6.54 Å². The molecule has 0 saturated heterocycles. The fourth-order valence-corrected chi connectivity index (χ4v) is 2.45. The number of nitrogens with one attached hydrogen (secondary N) is 2. The predicted octanol–water partition coefficient (Wildman–Crippen LogP) is 4.39. The maximum atomic E-state index is 5.86. The van der Waals surface area contributed by atoms with Crippen molar-refractivity contribution in [1.82, 2.24) is 9.78 Å². The average molecular weight is 343 g/mol. The van der Waals surface area contributed by atoms with E-state index in [9.17, 15) is 0 Å². The Morgan fingerprint density at radius 1 is 1.00 bits per heavy atom. The third-order valence-corrected chi connectivity index (χ3v) is 3.63. The van der Waals surface area contributed by atoms with Crippen molar-refractivity contribution in [2.75, 3.05) is 10.6 Å². The Labute approximate surface area is 145 Å². The molecular formula is C17H15ClN4S. The topological polar surface area (TPSA) is 41.9 Å². The van der Waals surface area contributed by atoms with Crippen LogP contribution in [0.4, 0.5) is 11.5 Å². The van der Waals surface area contributed by atoms with Gasteiger partial charge >= 0.3 is 0 Å². The zero-order valence-electron chi connectivity index (χ0n) is 12.2. The van der Waals surface area contributed by atoms with E-state index >= 15 is 0 Å². The van der Waals surface area contributed by atoms with E-state index in [0.717, 1.165) is 12.2 Å². The molecule has 0 atom stereocenters. The van der Waals surface area contributed by atoms with E-state index in [0.29, 0.717) is 16.0 Å². The van der Waals surface area contributed by atoms with Crippen molar-refractivity contribution in [1.29, 1.82) is 0 Å². The lowest BCUT2D eigenvalue weighted by Crippen LogP contribution is -2.19. The van der Waals surface area contributed by atoms with Gasteiger partial charge < -0.3 is 10.6 Å². The molecule has 0 radical (unpaired) electrons. The zero-order chi connectivity index (χ0) is 16.1. The molecule has 1 aromatic heterocycles. The smallest absolute Gasteiger partial charge is 0.176 e. The Kier molecular flexibility index (Phi) is 4.90. The lowest BCUT2D eigenvalue weighted by Gasteiger charge is -2.08. The van der Waals surface area contributed by atoms with Crippen LogP contribution in [0.1, 0.15) is 5.56 Å². The molecule has 0 spiro atoms. The summed E-state index contributed by atoms with van der Waals surface area (Å²) in [5.41, 5.74) is 2.07. The molecule has 0 amide bonds. The first-order valence-electron chi connectivity index (χ1n) is 7.10. The quantitative estimate of drug-likeness (QED) is 0.690. The van der Waals surface area contributed by atoms with Crippen LogP contribution in [0.25, 0.3) is 0 Å². The van der Waals surface area contributed by atoms with E-state index in [4.69, 9.17) is 23.8 Å². The van der Waals surface area contributed by atoms with Crippen LogP contribution in [0.2, 0.25) is 5.02 Å². The maximum Gasteiger partial charge on any atom is 0.176 e. The van der Waals surface area contributed by atoms with Crippen molar-refractivity contribution >= 4 is 40.4 Å². The monoisotopic (exact) mass is 342 g/mol. The predicted molar refractivity (Wildman–Crippen MR) is 99.1 cm³/mol. The van der Waals surface area contributed by atoms with Gasteiger partial charge in [0.05, 0.1) is 6.54 Å². The van der Waals surface area contributed by atoms with Gasteiger partial charge in [0.15, 0.2) is 10.9 Å². The Bertz CT molecular complexity index is 784. The summed E-state index contributed by atoms with van der Waals surface area (Å²) in [6.07, 6.45) is 1.92. The van der Waals surface area contributed by atoms with E-state index in [2.05, 4.69) is 27.9 Å². The molecule has 0 bridgehead atoms.